The summed E-state index contributed by atoms with van der Waals surface area (Å²) in [5, 5.41) is 1.26. The highest BCUT2D eigenvalue weighted by Gasteiger charge is 2.26. The van der Waals surface area contributed by atoms with Crippen molar-refractivity contribution in [1.29, 1.82) is 0 Å². The van der Waals surface area contributed by atoms with Gasteiger partial charge in [0.15, 0.2) is 5.75 Å². The number of ether oxygens (including phenoxy) is 2. The lowest BCUT2D eigenvalue weighted by Crippen LogP contribution is -2.05. The second kappa shape index (κ2) is 3.42. The minimum atomic E-state index is -0.500. The number of halogens is 1. The van der Waals surface area contributed by atoms with Crippen LogP contribution in [0.25, 0.3) is 11.0 Å². The number of rotatable bonds is 0. The Balaban J connectivity index is 2.30. The van der Waals surface area contributed by atoms with Gasteiger partial charge in [0.1, 0.15) is 18.8 Å². The molecule has 0 N–H and O–H groups in total. The summed E-state index contributed by atoms with van der Waals surface area (Å²) in [5.41, 5.74) is 0.563. The first kappa shape index (κ1) is 9.54. The highest BCUT2D eigenvalue weighted by Crippen LogP contribution is 2.36. The van der Waals surface area contributed by atoms with Gasteiger partial charge >= 0.3 is 5.97 Å². The average Bonchev–Trinajstić information content (AvgIpc) is 2.52. The van der Waals surface area contributed by atoms with Crippen LogP contribution in [-0.4, -0.2) is 19.2 Å². The monoisotopic (exact) mass is 238 g/mol. The molecule has 0 radical (unpaired) electrons. The molecule has 0 spiro atoms. The number of carbonyl (C=O) groups excluding carboxylic acids is 1. The van der Waals surface area contributed by atoms with E-state index < -0.39 is 5.97 Å². The van der Waals surface area contributed by atoms with E-state index in [1.807, 2.05) is 0 Å². The summed E-state index contributed by atoms with van der Waals surface area (Å²) in [6, 6.07) is 5.10. The van der Waals surface area contributed by atoms with E-state index in [-0.39, 0.29) is 12.4 Å². The van der Waals surface area contributed by atoms with Gasteiger partial charge in [-0.15, -0.1) is 0 Å². The molecule has 0 atom stereocenters. The number of benzene rings is 1. The Kier molecular flexibility index (Phi) is 2.04. The lowest BCUT2D eigenvalue weighted by molar-refractivity contribution is 0.0465. The van der Waals surface area contributed by atoms with Crippen LogP contribution in [0.15, 0.2) is 22.6 Å². The van der Waals surface area contributed by atoms with Crippen molar-refractivity contribution in [2.75, 3.05) is 13.2 Å². The third kappa shape index (κ3) is 1.34. The van der Waals surface area contributed by atoms with Crippen LogP contribution in [0.4, 0.5) is 0 Å². The maximum Gasteiger partial charge on any atom is 0.378 e. The summed E-state index contributed by atoms with van der Waals surface area (Å²) >= 11 is 5.88. The van der Waals surface area contributed by atoms with Gasteiger partial charge in [-0.05, 0) is 18.2 Å². The first-order chi connectivity index (χ1) is 7.75. The van der Waals surface area contributed by atoms with E-state index in [1.54, 1.807) is 18.2 Å². The van der Waals surface area contributed by atoms with Crippen LogP contribution >= 0.6 is 11.6 Å². The van der Waals surface area contributed by atoms with E-state index >= 15 is 0 Å². The summed E-state index contributed by atoms with van der Waals surface area (Å²) in [4.78, 5) is 11.5. The van der Waals surface area contributed by atoms with Crippen molar-refractivity contribution in [2.45, 2.75) is 0 Å². The molecule has 0 saturated heterocycles. The van der Waals surface area contributed by atoms with Crippen molar-refractivity contribution in [1.82, 2.24) is 0 Å². The van der Waals surface area contributed by atoms with Crippen LogP contribution in [0.1, 0.15) is 10.6 Å². The van der Waals surface area contributed by atoms with Gasteiger partial charge in [0.2, 0.25) is 0 Å². The van der Waals surface area contributed by atoms with Crippen molar-refractivity contribution in [3.05, 3.63) is 29.0 Å². The van der Waals surface area contributed by atoms with Crippen molar-refractivity contribution in [3.8, 4) is 5.75 Å². The number of carbonyl (C=O) groups is 1. The van der Waals surface area contributed by atoms with Gasteiger partial charge in [0, 0.05) is 5.02 Å². The predicted octanol–water partition coefficient (Wildman–Crippen LogP) is 2.64. The fraction of sp³-hybridized carbons (Fsp3) is 0.182. The van der Waals surface area contributed by atoms with Crippen molar-refractivity contribution < 1.29 is 18.7 Å². The number of hydrogen-bond donors (Lipinski definition) is 0. The number of cyclic esters (lactones) is 1. The normalized spacial score (nSPS) is 15.2. The van der Waals surface area contributed by atoms with Gasteiger partial charge in [-0.3, -0.25) is 0 Å². The number of furan rings is 1. The maximum absolute atomic E-state index is 11.5. The summed E-state index contributed by atoms with van der Waals surface area (Å²) in [5.74, 6) is 0.0228. The van der Waals surface area contributed by atoms with Crippen LogP contribution in [-0.2, 0) is 4.74 Å². The minimum Gasteiger partial charge on any atom is -0.485 e. The third-order valence-electron chi connectivity index (χ3n) is 2.35. The van der Waals surface area contributed by atoms with Gasteiger partial charge in [-0.2, -0.15) is 0 Å². The molecule has 1 aromatic carbocycles. The molecule has 3 rings (SSSR count). The molecule has 16 heavy (non-hydrogen) atoms. The smallest absolute Gasteiger partial charge is 0.378 e. The largest absolute Gasteiger partial charge is 0.485 e. The van der Waals surface area contributed by atoms with E-state index in [0.29, 0.717) is 28.3 Å². The Morgan fingerprint density at radius 1 is 1.19 bits per heavy atom. The van der Waals surface area contributed by atoms with Crippen LogP contribution in [0.3, 0.4) is 0 Å². The molecule has 0 saturated carbocycles. The topological polar surface area (TPSA) is 48.7 Å². The fourth-order valence-corrected chi connectivity index (χ4v) is 1.84. The Labute approximate surface area is 95.7 Å². The quantitative estimate of drug-likeness (QED) is 0.662. The summed E-state index contributed by atoms with van der Waals surface area (Å²) in [6.45, 7) is 0.547. The maximum atomic E-state index is 11.5. The molecule has 0 fully saturated rings. The third-order valence-corrected chi connectivity index (χ3v) is 2.59. The molecule has 1 aliphatic rings. The lowest BCUT2D eigenvalue weighted by atomic mass is 10.2. The molecular weight excluding hydrogens is 232 g/mol. The first-order valence-electron chi connectivity index (χ1n) is 4.77. The highest BCUT2D eigenvalue weighted by atomic mass is 35.5. The van der Waals surface area contributed by atoms with Gasteiger partial charge in [0.25, 0.3) is 5.76 Å². The molecule has 0 bridgehead atoms. The molecule has 2 aromatic rings. The van der Waals surface area contributed by atoms with Crippen LogP contribution in [0, 0.1) is 0 Å². The molecule has 0 unspecified atom stereocenters. The van der Waals surface area contributed by atoms with E-state index in [0.717, 1.165) is 0 Å². The van der Waals surface area contributed by atoms with E-state index in [9.17, 15) is 4.79 Å². The zero-order valence-corrected chi connectivity index (χ0v) is 8.91. The van der Waals surface area contributed by atoms with Crippen molar-refractivity contribution >= 4 is 28.5 Å². The molecular formula is C11H7ClO4. The van der Waals surface area contributed by atoms with Crippen molar-refractivity contribution in [2.24, 2.45) is 0 Å². The highest BCUT2D eigenvalue weighted by molar-refractivity contribution is 6.31. The predicted molar refractivity (Wildman–Crippen MR) is 57.0 cm³/mol. The van der Waals surface area contributed by atoms with Gasteiger partial charge in [-0.25, -0.2) is 4.79 Å². The minimum absolute atomic E-state index is 0.106. The molecule has 5 heteroatoms. The molecule has 1 aromatic heterocycles. The molecule has 1 aliphatic heterocycles. The molecule has 82 valence electrons. The number of hydrogen-bond acceptors (Lipinski definition) is 4. The zero-order valence-electron chi connectivity index (χ0n) is 8.16. The molecule has 0 aliphatic carbocycles. The lowest BCUT2D eigenvalue weighted by Gasteiger charge is -1.99. The standard InChI is InChI=1S/C11H7ClO4/c12-6-1-2-8-7(5-6)9-10(16-8)11(13)15-4-3-14-9/h1-2,5H,3-4H2. The molecule has 2 heterocycles. The first-order valence-corrected chi connectivity index (χ1v) is 5.15. The number of esters is 1. The molecule has 4 nitrogen and oxygen atoms in total. The van der Waals surface area contributed by atoms with E-state index in [2.05, 4.69) is 0 Å². The van der Waals surface area contributed by atoms with Crippen molar-refractivity contribution in [3.63, 3.8) is 0 Å². The van der Waals surface area contributed by atoms with E-state index in [1.165, 1.54) is 0 Å². The van der Waals surface area contributed by atoms with Gasteiger partial charge < -0.3 is 13.9 Å². The summed E-state index contributed by atoms with van der Waals surface area (Å²) in [6.07, 6.45) is 0. The van der Waals surface area contributed by atoms with Gasteiger partial charge in [0.05, 0.1) is 5.39 Å². The van der Waals surface area contributed by atoms with Crippen LogP contribution in [0.2, 0.25) is 5.02 Å². The second-order valence-corrected chi connectivity index (χ2v) is 3.82. The molecule has 0 amide bonds. The van der Waals surface area contributed by atoms with Crippen LogP contribution in [0.5, 0.6) is 5.75 Å². The van der Waals surface area contributed by atoms with Crippen LogP contribution < -0.4 is 4.74 Å². The second-order valence-electron chi connectivity index (χ2n) is 3.39. The van der Waals surface area contributed by atoms with E-state index in [4.69, 9.17) is 25.5 Å². The fourth-order valence-electron chi connectivity index (χ4n) is 1.67. The Bertz CT molecular complexity index is 573. The zero-order chi connectivity index (χ0) is 11.1. The van der Waals surface area contributed by atoms with Gasteiger partial charge in [-0.1, -0.05) is 11.6 Å². The summed E-state index contributed by atoms with van der Waals surface area (Å²) in [7, 11) is 0. The SMILES string of the molecule is O=C1OCCOc2c1oc1ccc(Cl)cc21. The Morgan fingerprint density at radius 3 is 2.88 bits per heavy atom. The average molecular weight is 239 g/mol. The Hall–Kier alpha value is -1.68. The Morgan fingerprint density at radius 2 is 2.00 bits per heavy atom. The number of fused-ring (bicyclic) bond motifs is 3. The summed E-state index contributed by atoms with van der Waals surface area (Å²) < 4.78 is 15.7.